The fourth-order valence-corrected chi connectivity index (χ4v) is 12.6. The summed E-state index contributed by atoms with van der Waals surface area (Å²) in [5.74, 6) is 1.74. The fraction of sp³-hybridized carbons (Fsp3) is 0.214. The van der Waals surface area contributed by atoms with Gasteiger partial charge >= 0.3 is 0 Å². The van der Waals surface area contributed by atoms with E-state index < -0.39 is 0 Å². The molecule has 3 heterocycles. The fourth-order valence-electron chi connectivity index (χ4n) is 12.6. The highest BCUT2D eigenvalue weighted by atomic mass is 16.1. The zero-order valence-corrected chi connectivity index (χ0v) is 33.4. The van der Waals surface area contributed by atoms with Gasteiger partial charge in [-0.1, -0.05) is 72.8 Å². The Bertz CT molecular complexity index is 3260. The zero-order valence-electron chi connectivity index (χ0n) is 33.4. The largest absolute Gasteiger partial charge is 0.309 e. The summed E-state index contributed by atoms with van der Waals surface area (Å²) in [5.41, 5.74) is 16.0. The molecule has 0 amide bonds. The number of nitrogens with zero attached hydrogens (tertiary/aromatic N) is 2. The van der Waals surface area contributed by atoms with Gasteiger partial charge in [-0.05, 0) is 157 Å². The lowest BCUT2D eigenvalue weighted by Gasteiger charge is -2.22. The van der Waals surface area contributed by atoms with Crippen LogP contribution in [-0.4, -0.2) is 20.5 Å². The van der Waals surface area contributed by atoms with Gasteiger partial charge in [0.1, 0.15) is 0 Å². The van der Waals surface area contributed by atoms with Crippen LogP contribution in [0.25, 0.3) is 87.8 Å². The number of hydrogen-bond acceptors (Lipinski definition) is 2. The summed E-state index contributed by atoms with van der Waals surface area (Å²) in [6.45, 7) is 0. The molecule has 4 bridgehead atoms. The van der Waals surface area contributed by atoms with E-state index in [9.17, 15) is 9.59 Å². The molecule has 0 aliphatic heterocycles. The highest BCUT2D eigenvalue weighted by Gasteiger charge is 2.38. The zero-order chi connectivity index (χ0) is 39.4. The molecule has 16 rings (SSSR count). The van der Waals surface area contributed by atoms with Crippen LogP contribution in [0.1, 0.15) is 95.0 Å². The van der Waals surface area contributed by atoms with Gasteiger partial charge in [0.05, 0.1) is 27.6 Å². The Morgan fingerprint density at radius 2 is 0.783 bits per heavy atom. The Hall–Kier alpha value is -6.52. The van der Waals surface area contributed by atoms with Crippen molar-refractivity contribution in [3.63, 3.8) is 0 Å². The Kier molecular flexibility index (Phi) is 6.69. The van der Waals surface area contributed by atoms with Crippen LogP contribution in [0.3, 0.4) is 0 Å². The molecule has 60 heavy (non-hydrogen) atoms. The van der Waals surface area contributed by atoms with E-state index in [4.69, 9.17) is 0 Å². The van der Waals surface area contributed by atoms with Crippen molar-refractivity contribution in [3.05, 3.63) is 156 Å². The third-order valence-corrected chi connectivity index (χ3v) is 15.6. The molecular formula is C56H42N2O2. The lowest BCUT2D eigenvalue weighted by Crippen LogP contribution is -2.15. The maximum atomic E-state index is 14.2. The van der Waals surface area contributed by atoms with E-state index in [1.807, 2.05) is 0 Å². The van der Waals surface area contributed by atoms with Crippen molar-refractivity contribution in [3.8, 4) is 27.9 Å². The molecule has 0 spiro atoms. The molecular weight excluding hydrogens is 733 g/mol. The standard InChI is InChI=1S/C56H42N2O2/c59-55-35-15-11-33(12-16-35)40-27-44-46-25-39(26-47-45-28-41-34-13-17-36(18-14-34)56(60)49(41)30-53(45)58(54(46)47)52(44)29-48(40)55)57-50-21-19-37(31-7-3-1-4-8-31)23-42(50)43-24-38(20-22-51(43)57)32-9-5-2-6-10-32/h1-10,19-30,33-36H,11-18H2. The molecule has 4 nitrogen and oxygen atoms in total. The lowest BCUT2D eigenvalue weighted by molar-refractivity contribution is 0.0891. The van der Waals surface area contributed by atoms with E-state index in [1.165, 1.54) is 82.2 Å². The SMILES string of the molecule is O=C1c2cc3c(cc2C2CCC1CC2)c1cc(-n2c4ccc(-c5ccccc5)cc4c4cc(-c5ccccc5)ccc42)cc2c4cc5c(cc4n3c12)C(=O)C1CCC5CC1. The number of carbonyl (C=O) groups excluding carboxylic acids is 2. The molecule has 288 valence electrons. The number of carbonyl (C=O) groups is 2. The first-order valence-electron chi connectivity index (χ1n) is 22.2. The summed E-state index contributed by atoms with van der Waals surface area (Å²) in [4.78, 5) is 28.4. The molecule has 0 atom stereocenters. The van der Waals surface area contributed by atoms with E-state index in [0.717, 1.165) is 79.2 Å². The molecule has 6 aliphatic rings. The van der Waals surface area contributed by atoms with Crippen LogP contribution in [0.15, 0.2) is 133 Å². The number of fused-ring (bicyclic) bond motifs is 13. The Balaban J connectivity index is 1.10. The highest BCUT2D eigenvalue weighted by molar-refractivity contribution is 6.26. The van der Waals surface area contributed by atoms with Crippen molar-refractivity contribution in [1.29, 1.82) is 0 Å². The van der Waals surface area contributed by atoms with Crippen molar-refractivity contribution in [2.45, 2.75) is 63.2 Å². The summed E-state index contributed by atoms with van der Waals surface area (Å²) in [6.07, 6.45) is 8.29. The normalized spacial score (nSPS) is 21.2. The molecule has 3 aromatic heterocycles. The first-order valence-corrected chi connectivity index (χ1v) is 22.2. The van der Waals surface area contributed by atoms with Crippen molar-refractivity contribution in [1.82, 2.24) is 8.97 Å². The third kappa shape index (κ3) is 4.46. The van der Waals surface area contributed by atoms with Crippen molar-refractivity contribution < 1.29 is 9.59 Å². The smallest absolute Gasteiger partial charge is 0.166 e. The molecule has 0 saturated heterocycles. The van der Waals surface area contributed by atoms with E-state index in [1.54, 1.807) is 0 Å². The average Bonchev–Trinajstić information content (AvgIpc) is 3.80. The Morgan fingerprint density at radius 1 is 0.367 bits per heavy atom. The second kappa shape index (κ2) is 12.0. The number of rotatable bonds is 3. The Morgan fingerprint density at radius 3 is 1.23 bits per heavy atom. The van der Waals surface area contributed by atoms with Crippen molar-refractivity contribution in [2.24, 2.45) is 11.8 Å². The summed E-state index contributed by atoms with van der Waals surface area (Å²) < 4.78 is 4.90. The molecule has 0 unspecified atom stereocenters. The number of ketones is 2. The summed E-state index contributed by atoms with van der Waals surface area (Å²) in [6, 6.07) is 49.4. The summed E-state index contributed by atoms with van der Waals surface area (Å²) in [5, 5.41) is 7.28. The summed E-state index contributed by atoms with van der Waals surface area (Å²) >= 11 is 0. The van der Waals surface area contributed by atoms with E-state index in [2.05, 4.69) is 142 Å². The quantitative estimate of drug-likeness (QED) is 0.179. The number of Topliss-reactive ketones (excluding diaryl/α,β-unsaturated/α-hetero) is 2. The van der Waals surface area contributed by atoms with Gasteiger partial charge in [-0.3, -0.25) is 9.59 Å². The molecule has 0 radical (unpaired) electrons. The minimum Gasteiger partial charge on any atom is -0.309 e. The first kappa shape index (κ1) is 33.3. The van der Waals surface area contributed by atoms with Gasteiger partial charge in [0.2, 0.25) is 0 Å². The number of benzene rings is 7. The van der Waals surface area contributed by atoms with Gasteiger partial charge in [-0.25, -0.2) is 0 Å². The van der Waals surface area contributed by atoms with Crippen LogP contribution >= 0.6 is 0 Å². The molecule has 10 aromatic rings. The summed E-state index contributed by atoms with van der Waals surface area (Å²) in [7, 11) is 0. The average molecular weight is 775 g/mol. The minimum absolute atomic E-state index is 0.126. The van der Waals surface area contributed by atoms with Crippen molar-refractivity contribution >= 4 is 71.5 Å². The molecule has 2 fully saturated rings. The van der Waals surface area contributed by atoms with Gasteiger partial charge in [0, 0.05) is 61.0 Å². The topological polar surface area (TPSA) is 43.5 Å². The number of hydrogen-bond donors (Lipinski definition) is 0. The monoisotopic (exact) mass is 774 g/mol. The first-order chi connectivity index (χ1) is 29.6. The van der Waals surface area contributed by atoms with Gasteiger partial charge < -0.3 is 8.97 Å². The maximum absolute atomic E-state index is 14.2. The highest BCUT2D eigenvalue weighted by Crippen LogP contribution is 2.50. The third-order valence-electron chi connectivity index (χ3n) is 15.6. The van der Waals surface area contributed by atoms with Crippen LogP contribution in [-0.2, 0) is 0 Å². The van der Waals surface area contributed by atoms with E-state index in [0.29, 0.717) is 23.4 Å². The lowest BCUT2D eigenvalue weighted by atomic mass is 9.82. The van der Waals surface area contributed by atoms with Crippen LogP contribution in [0.5, 0.6) is 0 Å². The minimum atomic E-state index is 0.126. The molecule has 4 heteroatoms. The van der Waals surface area contributed by atoms with E-state index in [-0.39, 0.29) is 11.8 Å². The molecule has 2 saturated carbocycles. The number of aromatic nitrogens is 2. The predicted molar refractivity (Wildman–Crippen MR) is 244 cm³/mol. The predicted octanol–water partition coefficient (Wildman–Crippen LogP) is 14.2. The molecule has 0 N–H and O–H groups in total. The maximum Gasteiger partial charge on any atom is 0.166 e. The van der Waals surface area contributed by atoms with Gasteiger partial charge in [0.25, 0.3) is 0 Å². The van der Waals surface area contributed by atoms with Crippen LogP contribution in [0.4, 0.5) is 0 Å². The molecule has 7 aromatic carbocycles. The van der Waals surface area contributed by atoms with Crippen LogP contribution < -0.4 is 0 Å². The van der Waals surface area contributed by atoms with Gasteiger partial charge in [0.15, 0.2) is 11.6 Å². The van der Waals surface area contributed by atoms with E-state index >= 15 is 0 Å². The van der Waals surface area contributed by atoms with Gasteiger partial charge in [-0.2, -0.15) is 0 Å². The van der Waals surface area contributed by atoms with Crippen LogP contribution in [0.2, 0.25) is 0 Å². The second-order valence-electron chi connectivity index (χ2n) is 18.5. The van der Waals surface area contributed by atoms with Crippen LogP contribution in [0, 0.1) is 11.8 Å². The molecule has 6 aliphatic carbocycles. The van der Waals surface area contributed by atoms with Crippen molar-refractivity contribution in [2.75, 3.05) is 0 Å². The Labute approximate surface area is 347 Å². The second-order valence-corrected chi connectivity index (χ2v) is 18.5. The van der Waals surface area contributed by atoms with Gasteiger partial charge in [-0.15, -0.1) is 0 Å².